The molecule has 0 bridgehead atoms. The Morgan fingerprint density at radius 1 is 1.36 bits per heavy atom. The van der Waals surface area contributed by atoms with Crippen LogP contribution in [0, 0.1) is 0 Å². The summed E-state index contributed by atoms with van der Waals surface area (Å²) >= 11 is 3.30. The highest BCUT2D eigenvalue weighted by Crippen LogP contribution is 2.27. The molecule has 1 aromatic carbocycles. The SMILES string of the molecule is C=C(C)CN(CC)C(=O)c1ccc(Br)c(S(=O)(=O)N2CCOCC2)c1. The Hall–Kier alpha value is -1.22. The number of carbonyl (C=O) groups is 1. The molecule has 0 aromatic heterocycles. The van der Waals surface area contributed by atoms with E-state index in [0.717, 1.165) is 5.57 Å². The lowest BCUT2D eigenvalue weighted by Crippen LogP contribution is -2.40. The number of hydrogen-bond acceptors (Lipinski definition) is 4. The van der Waals surface area contributed by atoms with Crippen LogP contribution in [0.3, 0.4) is 0 Å². The highest BCUT2D eigenvalue weighted by atomic mass is 79.9. The summed E-state index contributed by atoms with van der Waals surface area (Å²) in [6.45, 7) is 9.89. The van der Waals surface area contributed by atoms with Crippen LogP contribution in [0.2, 0.25) is 0 Å². The highest BCUT2D eigenvalue weighted by Gasteiger charge is 2.29. The minimum Gasteiger partial charge on any atom is -0.379 e. The van der Waals surface area contributed by atoms with E-state index in [4.69, 9.17) is 4.74 Å². The van der Waals surface area contributed by atoms with E-state index in [1.165, 1.54) is 10.4 Å². The van der Waals surface area contributed by atoms with E-state index in [2.05, 4.69) is 22.5 Å². The van der Waals surface area contributed by atoms with Crippen molar-refractivity contribution in [2.45, 2.75) is 18.7 Å². The number of carbonyl (C=O) groups excluding carboxylic acids is 1. The minimum atomic E-state index is -3.69. The van der Waals surface area contributed by atoms with Crippen molar-refractivity contribution in [1.29, 1.82) is 0 Å². The second-order valence-electron chi connectivity index (χ2n) is 5.94. The van der Waals surface area contributed by atoms with Crippen molar-refractivity contribution in [3.05, 3.63) is 40.4 Å². The molecule has 2 rings (SSSR count). The Bertz CT molecular complexity index is 758. The van der Waals surface area contributed by atoms with Crippen molar-refractivity contribution in [2.24, 2.45) is 0 Å². The van der Waals surface area contributed by atoms with Crippen LogP contribution >= 0.6 is 15.9 Å². The molecule has 1 heterocycles. The zero-order valence-corrected chi connectivity index (χ0v) is 16.9. The average Bonchev–Trinajstić information content (AvgIpc) is 2.60. The number of halogens is 1. The van der Waals surface area contributed by atoms with Gasteiger partial charge in [-0.25, -0.2) is 8.42 Å². The van der Waals surface area contributed by atoms with E-state index in [0.29, 0.717) is 49.4 Å². The molecule has 0 aliphatic carbocycles. The first-order valence-corrected chi connectivity index (χ1v) is 10.3. The average molecular weight is 431 g/mol. The number of morpholine rings is 1. The van der Waals surface area contributed by atoms with Crippen molar-refractivity contribution in [3.8, 4) is 0 Å². The molecule has 25 heavy (non-hydrogen) atoms. The summed E-state index contributed by atoms with van der Waals surface area (Å²) in [4.78, 5) is 14.5. The molecule has 1 aromatic rings. The van der Waals surface area contributed by atoms with E-state index >= 15 is 0 Å². The van der Waals surface area contributed by atoms with E-state index in [-0.39, 0.29) is 10.8 Å². The minimum absolute atomic E-state index is 0.103. The summed E-state index contributed by atoms with van der Waals surface area (Å²) in [7, 11) is -3.69. The van der Waals surface area contributed by atoms with Gasteiger partial charge >= 0.3 is 0 Å². The van der Waals surface area contributed by atoms with Crippen molar-refractivity contribution in [3.63, 3.8) is 0 Å². The maximum absolute atomic E-state index is 12.9. The highest BCUT2D eigenvalue weighted by molar-refractivity contribution is 9.10. The number of nitrogens with zero attached hydrogens (tertiary/aromatic N) is 2. The second-order valence-corrected chi connectivity index (χ2v) is 8.70. The van der Waals surface area contributed by atoms with Gasteiger partial charge in [-0.3, -0.25) is 4.79 Å². The van der Waals surface area contributed by atoms with Crippen LogP contribution in [0.4, 0.5) is 0 Å². The fourth-order valence-electron chi connectivity index (χ4n) is 2.60. The Morgan fingerprint density at radius 3 is 2.56 bits per heavy atom. The van der Waals surface area contributed by atoms with Gasteiger partial charge in [-0.05, 0) is 48.0 Å². The number of sulfonamides is 1. The van der Waals surface area contributed by atoms with Crippen LogP contribution < -0.4 is 0 Å². The standard InChI is InChI=1S/C17H23BrN2O4S/c1-4-19(12-13(2)3)17(21)14-5-6-15(18)16(11-14)25(22,23)20-7-9-24-10-8-20/h5-6,11H,2,4,7-10,12H2,1,3H3. The molecule has 1 aliphatic rings. The monoisotopic (exact) mass is 430 g/mol. The molecule has 8 heteroatoms. The molecule has 1 aliphatic heterocycles. The van der Waals surface area contributed by atoms with E-state index in [1.807, 2.05) is 13.8 Å². The summed E-state index contributed by atoms with van der Waals surface area (Å²) in [5.74, 6) is -0.212. The van der Waals surface area contributed by atoms with Crippen LogP contribution in [-0.2, 0) is 14.8 Å². The van der Waals surface area contributed by atoms with E-state index in [9.17, 15) is 13.2 Å². The van der Waals surface area contributed by atoms with Gasteiger partial charge in [0.25, 0.3) is 5.91 Å². The first-order valence-electron chi connectivity index (χ1n) is 8.08. The van der Waals surface area contributed by atoms with Gasteiger partial charge < -0.3 is 9.64 Å². The Balaban J connectivity index is 2.36. The van der Waals surface area contributed by atoms with Gasteiger partial charge in [-0.2, -0.15) is 4.31 Å². The molecule has 0 unspecified atom stereocenters. The normalized spacial score (nSPS) is 15.8. The lowest BCUT2D eigenvalue weighted by Gasteiger charge is -2.27. The quantitative estimate of drug-likeness (QED) is 0.650. The number of rotatable bonds is 6. The molecular formula is C17H23BrN2O4S. The Labute approximate surface area is 157 Å². The van der Waals surface area contributed by atoms with Gasteiger partial charge in [0.1, 0.15) is 0 Å². The van der Waals surface area contributed by atoms with E-state index < -0.39 is 10.0 Å². The van der Waals surface area contributed by atoms with Crippen LogP contribution in [0.5, 0.6) is 0 Å². The number of amides is 1. The molecule has 0 spiro atoms. The molecule has 1 fully saturated rings. The summed E-state index contributed by atoms with van der Waals surface area (Å²) in [5.41, 5.74) is 1.21. The first kappa shape index (κ1) is 20.1. The topological polar surface area (TPSA) is 66.9 Å². The molecule has 138 valence electrons. The van der Waals surface area contributed by atoms with Crippen LogP contribution in [0.1, 0.15) is 24.2 Å². The van der Waals surface area contributed by atoms with Crippen LogP contribution in [0.25, 0.3) is 0 Å². The zero-order valence-electron chi connectivity index (χ0n) is 14.5. The molecule has 1 amide bonds. The van der Waals surface area contributed by atoms with Gasteiger partial charge in [0, 0.05) is 36.2 Å². The lowest BCUT2D eigenvalue weighted by atomic mass is 10.2. The third-order valence-corrected chi connectivity index (χ3v) is 6.79. The molecular weight excluding hydrogens is 408 g/mol. The number of benzene rings is 1. The molecule has 0 N–H and O–H groups in total. The molecule has 6 nitrogen and oxygen atoms in total. The van der Waals surface area contributed by atoms with Gasteiger partial charge in [-0.15, -0.1) is 0 Å². The molecule has 0 atom stereocenters. The summed E-state index contributed by atoms with van der Waals surface area (Å²) < 4.78 is 32.9. The third kappa shape index (κ3) is 4.69. The zero-order chi connectivity index (χ0) is 18.6. The van der Waals surface area contributed by atoms with Gasteiger partial charge in [0.15, 0.2) is 0 Å². The van der Waals surface area contributed by atoms with Crippen LogP contribution in [-0.4, -0.2) is 62.9 Å². The molecule has 0 radical (unpaired) electrons. The van der Waals surface area contributed by atoms with Crippen molar-refractivity contribution >= 4 is 31.9 Å². The fraction of sp³-hybridized carbons (Fsp3) is 0.471. The maximum atomic E-state index is 12.9. The third-order valence-electron chi connectivity index (χ3n) is 3.90. The van der Waals surface area contributed by atoms with Gasteiger partial charge in [0.05, 0.1) is 18.1 Å². The molecule has 1 saturated heterocycles. The number of ether oxygens (including phenoxy) is 1. The predicted molar refractivity (Wildman–Crippen MR) is 100 cm³/mol. The van der Waals surface area contributed by atoms with Gasteiger partial charge in [-0.1, -0.05) is 12.2 Å². The van der Waals surface area contributed by atoms with Crippen LogP contribution in [0.15, 0.2) is 39.7 Å². The van der Waals surface area contributed by atoms with Crippen molar-refractivity contribution < 1.29 is 17.9 Å². The summed E-state index contributed by atoms with van der Waals surface area (Å²) in [5, 5.41) is 0. The van der Waals surface area contributed by atoms with Crippen molar-refractivity contribution in [1.82, 2.24) is 9.21 Å². The maximum Gasteiger partial charge on any atom is 0.254 e. The smallest absolute Gasteiger partial charge is 0.254 e. The second kappa shape index (κ2) is 8.44. The predicted octanol–water partition coefficient (Wildman–Crippen LogP) is 2.51. The first-order chi connectivity index (χ1) is 11.8. The number of hydrogen-bond donors (Lipinski definition) is 0. The Morgan fingerprint density at radius 2 is 2.00 bits per heavy atom. The molecule has 0 saturated carbocycles. The van der Waals surface area contributed by atoms with Crippen molar-refractivity contribution in [2.75, 3.05) is 39.4 Å². The Kier molecular flexibility index (Phi) is 6.79. The lowest BCUT2D eigenvalue weighted by molar-refractivity contribution is 0.0729. The van der Waals surface area contributed by atoms with Gasteiger partial charge in [0.2, 0.25) is 10.0 Å². The fourth-order valence-corrected chi connectivity index (χ4v) is 4.95. The largest absolute Gasteiger partial charge is 0.379 e. The summed E-state index contributed by atoms with van der Waals surface area (Å²) in [6, 6.07) is 4.68. The summed E-state index contributed by atoms with van der Waals surface area (Å²) in [6.07, 6.45) is 0. The number of likely N-dealkylation sites (N-methyl/N-ethyl adjacent to an activating group) is 1. The van der Waals surface area contributed by atoms with E-state index in [1.54, 1.807) is 17.0 Å².